The number of hydrogen-bond acceptors (Lipinski definition) is 5. The van der Waals surface area contributed by atoms with E-state index in [9.17, 15) is 4.79 Å². The van der Waals surface area contributed by atoms with Crippen molar-refractivity contribution in [2.45, 2.75) is 51.6 Å². The molecule has 3 heterocycles. The fourth-order valence-electron chi connectivity index (χ4n) is 4.03. The van der Waals surface area contributed by atoms with Crippen molar-refractivity contribution in [3.63, 3.8) is 0 Å². The summed E-state index contributed by atoms with van der Waals surface area (Å²) in [4.78, 5) is 17.1. The van der Waals surface area contributed by atoms with Crippen molar-refractivity contribution in [1.82, 2.24) is 30.1 Å². The topological polar surface area (TPSA) is 66.3 Å². The second-order valence-corrected chi connectivity index (χ2v) is 7.06. The van der Waals surface area contributed by atoms with Gasteiger partial charge in [0, 0.05) is 19.6 Å². The van der Waals surface area contributed by atoms with Gasteiger partial charge in [0.1, 0.15) is 0 Å². The lowest BCUT2D eigenvalue weighted by atomic mass is 10.1. The first-order valence-electron chi connectivity index (χ1n) is 9.23. The van der Waals surface area contributed by atoms with Crippen LogP contribution in [-0.2, 0) is 0 Å². The van der Waals surface area contributed by atoms with E-state index in [1.165, 1.54) is 12.8 Å². The van der Waals surface area contributed by atoms with E-state index in [0.29, 0.717) is 17.8 Å². The minimum absolute atomic E-state index is 0. The molecule has 1 aromatic heterocycles. The maximum absolute atomic E-state index is 12.8. The second-order valence-electron chi connectivity index (χ2n) is 7.06. The van der Waals surface area contributed by atoms with Crippen LogP contribution in [0.4, 0.5) is 0 Å². The Balaban J connectivity index is 0.00000169. The molecule has 0 bridgehead atoms. The summed E-state index contributed by atoms with van der Waals surface area (Å²) in [6.07, 6.45) is 4.49. The lowest BCUT2D eigenvalue weighted by Gasteiger charge is -2.27. The number of likely N-dealkylation sites (N-methyl/N-ethyl adjacent to an activating group) is 2. The summed E-state index contributed by atoms with van der Waals surface area (Å²) in [6, 6.07) is 0.833. The Bertz CT molecular complexity index is 576. The highest BCUT2D eigenvalue weighted by Crippen LogP contribution is 2.22. The molecule has 3 rings (SSSR count). The van der Waals surface area contributed by atoms with E-state index in [2.05, 4.69) is 27.5 Å². The number of hydrogen-bond donors (Lipinski definition) is 1. The second kappa shape index (κ2) is 10.4. The highest BCUT2D eigenvalue weighted by atomic mass is 35.5. The lowest BCUT2D eigenvalue weighted by molar-refractivity contribution is 0.0748. The standard InChI is InChI=1S/C17H30N6O.2ClH/c1-4-22-11-5-6-15(22)12-21(3)17(24)16-13(2)23(20-19-16)14-7-9-18-10-8-14;;/h14-15,18H,4-12H2,1-3H3;2*1H. The van der Waals surface area contributed by atoms with Gasteiger partial charge >= 0.3 is 0 Å². The highest BCUT2D eigenvalue weighted by molar-refractivity contribution is 5.93. The third kappa shape index (κ3) is 4.88. The van der Waals surface area contributed by atoms with Crippen molar-refractivity contribution in [2.75, 3.05) is 39.8 Å². The molecule has 1 atom stereocenters. The predicted octanol–water partition coefficient (Wildman–Crippen LogP) is 1.91. The molecule has 1 N–H and O–H groups in total. The summed E-state index contributed by atoms with van der Waals surface area (Å²) in [6.45, 7) is 9.13. The Morgan fingerprint density at radius 1 is 1.27 bits per heavy atom. The number of nitrogens with one attached hydrogen (secondary N) is 1. The molecular weight excluding hydrogens is 375 g/mol. The highest BCUT2D eigenvalue weighted by Gasteiger charge is 2.28. The SMILES string of the molecule is CCN1CCCC1CN(C)C(=O)c1nnn(C2CCNCC2)c1C.Cl.Cl. The third-order valence-corrected chi connectivity index (χ3v) is 5.52. The Morgan fingerprint density at radius 3 is 2.62 bits per heavy atom. The monoisotopic (exact) mass is 406 g/mol. The lowest BCUT2D eigenvalue weighted by Crippen LogP contribution is -2.41. The average Bonchev–Trinajstić information content (AvgIpc) is 3.21. The number of amides is 1. The summed E-state index contributed by atoms with van der Waals surface area (Å²) in [5.74, 6) is -0.00404. The molecule has 2 aliphatic heterocycles. The summed E-state index contributed by atoms with van der Waals surface area (Å²) in [5.41, 5.74) is 1.41. The number of halogens is 2. The molecule has 0 aromatic carbocycles. The first-order chi connectivity index (χ1) is 11.6. The van der Waals surface area contributed by atoms with Crippen molar-refractivity contribution in [3.8, 4) is 0 Å². The van der Waals surface area contributed by atoms with Crippen molar-refractivity contribution in [2.24, 2.45) is 0 Å². The molecule has 1 unspecified atom stereocenters. The first kappa shape index (κ1) is 23.1. The van der Waals surface area contributed by atoms with Gasteiger partial charge in [-0.2, -0.15) is 0 Å². The Hall–Kier alpha value is -0.890. The van der Waals surface area contributed by atoms with E-state index in [1.54, 1.807) is 0 Å². The Labute approximate surface area is 168 Å². The third-order valence-electron chi connectivity index (χ3n) is 5.52. The van der Waals surface area contributed by atoms with Crippen LogP contribution < -0.4 is 5.32 Å². The van der Waals surface area contributed by atoms with Gasteiger partial charge in [-0.1, -0.05) is 12.1 Å². The van der Waals surface area contributed by atoms with E-state index >= 15 is 0 Å². The fourth-order valence-corrected chi connectivity index (χ4v) is 4.03. The van der Waals surface area contributed by atoms with Crippen LogP contribution in [0.5, 0.6) is 0 Å². The summed E-state index contributed by atoms with van der Waals surface area (Å²) in [7, 11) is 1.89. The van der Waals surface area contributed by atoms with Gasteiger partial charge in [0.05, 0.1) is 11.7 Å². The number of rotatable bonds is 5. The van der Waals surface area contributed by atoms with Crippen LogP contribution in [0.1, 0.15) is 54.8 Å². The van der Waals surface area contributed by atoms with Gasteiger partial charge in [-0.15, -0.1) is 29.9 Å². The molecule has 2 fully saturated rings. The van der Waals surface area contributed by atoms with Gasteiger partial charge in [-0.3, -0.25) is 9.69 Å². The predicted molar refractivity (Wildman–Crippen MR) is 108 cm³/mol. The number of aromatic nitrogens is 3. The van der Waals surface area contributed by atoms with Crippen LogP contribution in [0.25, 0.3) is 0 Å². The smallest absolute Gasteiger partial charge is 0.276 e. The fraction of sp³-hybridized carbons (Fsp3) is 0.824. The largest absolute Gasteiger partial charge is 0.339 e. The minimum Gasteiger partial charge on any atom is -0.339 e. The molecule has 0 aliphatic carbocycles. The summed E-state index contributed by atoms with van der Waals surface area (Å²) >= 11 is 0. The van der Waals surface area contributed by atoms with Crippen LogP contribution in [-0.4, -0.2) is 76.5 Å². The van der Waals surface area contributed by atoms with Crippen LogP contribution >= 0.6 is 24.8 Å². The van der Waals surface area contributed by atoms with E-state index in [1.807, 2.05) is 23.6 Å². The molecule has 9 heteroatoms. The molecular formula is C17H32Cl2N6O. The number of nitrogens with zero attached hydrogens (tertiary/aromatic N) is 5. The van der Waals surface area contributed by atoms with Crippen LogP contribution in [0, 0.1) is 6.92 Å². The first-order valence-corrected chi connectivity index (χ1v) is 9.23. The molecule has 1 aromatic rings. The zero-order valence-electron chi connectivity index (χ0n) is 16.0. The number of likely N-dealkylation sites (tertiary alicyclic amines) is 1. The quantitative estimate of drug-likeness (QED) is 0.808. The maximum Gasteiger partial charge on any atom is 0.276 e. The Morgan fingerprint density at radius 2 is 1.96 bits per heavy atom. The zero-order valence-corrected chi connectivity index (χ0v) is 17.6. The molecule has 7 nitrogen and oxygen atoms in total. The van der Waals surface area contributed by atoms with Crippen LogP contribution in [0.3, 0.4) is 0 Å². The van der Waals surface area contributed by atoms with Gasteiger partial charge in [-0.05, 0) is 58.8 Å². The molecule has 0 radical (unpaired) electrons. The normalized spacial score (nSPS) is 21.1. The average molecular weight is 407 g/mol. The van der Waals surface area contributed by atoms with Gasteiger partial charge in [0.25, 0.3) is 5.91 Å². The van der Waals surface area contributed by atoms with Crippen LogP contribution in [0.2, 0.25) is 0 Å². The van der Waals surface area contributed by atoms with E-state index < -0.39 is 0 Å². The molecule has 1 amide bonds. The summed E-state index contributed by atoms with van der Waals surface area (Å²) in [5, 5.41) is 11.9. The van der Waals surface area contributed by atoms with E-state index in [0.717, 1.165) is 51.3 Å². The molecule has 0 spiro atoms. The minimum atomic E-state index is -0.00404. The molecule has 26 heavy (non-hydrogen) atoms. The van der Waals surface area contributed by atoms with Crippen molar-refractivity contribution >= 4 is 30.7 Å². The van der Waals surface area contributed by atoms with Crippen molar-refractivity contribution in [1.29, 1.82) is 0 Å². The number of piperidine rings is 1. The number of carbonyl (C=O) groups excluding carboxylic acids is 1. The van der Waals surface area contributed by atoms with Crippen LogP contribution in [0.15, 0.2) is 0 Å². The van der Waals surface area contributed by atoms with Crippen molar-refractivity contribution in [3.05, 3.63) is 11.4 Å². The molecule has 0 saturated carbocycles. The maximum atomic E-state index is 12.8. The molecule has 2 saturated heterocycles. The zero-order chi connectivity index (χ0) is 17.1. The van der Waals surface area contributed by atoms with E-state index in [-0.39, 0.29) is 30.7 Å². The Kier molecular flexibility index (Phi) is 9.30. The van der Waals surface area contributed by atoms with Gasteiger partial charge < -0.3 is 10.2 Å². The van der Waals surface area contributed by atoms with Crippen molar-refractivity contribution < 1.29 is 4.79 Å². The van der Waals surface area contributed by atoms with Gasteiger partial charge in [-0.25, -0.2) is 4.68 Å². The van der Waals surface area contributed by atoms with E-state index in [4.69, 9.17) is 0 Å². The van der Waals surface area contributed by atoms with Gasteiger partial charge in [0.15, 0.2) is 5.69 Å². The number of carbonyl (C=O) groups is 1. The summed E-state index contributed by atoms with van der Waals surface area (Å²) < 4.78 is 1.95. The molecule has 2 aliphatic rings. The van der Waals surface area contributed by atoms with Gasteiger partial charge in [0.2, 0.25) is 0 Å². The molecule has 150 valence electrons.